The number of nitrogens with zero attached hydrogens (tertiary/aromatic N) is 2. The summed E-state index contributed by atoms with van der Waals surface area (Å²) in [7, 11) is 1.95. The van der Waals surface area contributed by atoms with Gasteiger partial charge in [0.05, 0.1) is 5.69 Å². The van der Waals surface area contributed by atoms with Crippen LogP contribution in [0.15, 0.2) is 11.8 Å². The van der Waals surface area contributed by atoms with Crippen LogP contribution in [0.1, 0.15) is 32.0 Å². The van der Waals surface area contributed by atoms with Gasteiger partial charge in [0.1, 0.15) is 0 Å². The molecule has 0 aliphatic rings. The summed E-state index contributed by atoms with van der Waals surface area (Å²) in [6, 6.07) is 0.426. The molecule has 15 heavy (non-hydrogen) atoms. The van der Waals surface area contributed by atoms with Crippen molar-refractivity contribution < 1.29 is 0 Å². The van der Waals surface area contributed by atoms with E-state index in [-0.39, 0.29) is 0 Å². The van der Waals surface area contributed by atoms with Gasteiger partial charge in [0.15, 0.2) is 0 Å². The number of hydrogen-bond donors (Lipinski definition) is 1. The molecule has 0 bridgehead atoms. The van der Waals surface area contributed by atoms with Gasteiger partial charge in [-0.1, -0.05) is 18.6 Å². The second-order valence-electron chi connectivity index (χ2n) is 4.01. The second kappa shape index (κ2) is 5.12. The predicted molar refractivity (Wildman–Crippen MR) is 64.7 cm³/mol. The molecule has 0 radical (unpaired) electrons. The zero-order chi connectivity index (χ0) is 11.4. The van der Waals surface area contributed by atoms with Crippen molar-refractivity contribution in [2.75, 3.05) is 6.54 Å². The first kappa shape index (κ1) is 12.0. The van der Waals surface area contributed by atoms with Gasteiger partial charge in [0.25, 0.3) is 0 Å². The van der Waals surface area contributed by atoms with E-state index in [1.165, 1.54) is 11.1 Å². The fraction of sp³-hybridized carbons (Fsp3) is 0.583. The molecule has 1 aromatic heterocycles. The Balaban J connectivity index is 2.82. The fourth-order valence-corrected chi connectivity index (χ4v) is 1.60. The molecule has 1 atom stereocenters. The zero-order valence-electron chi connectivity index (χ0n) is 10.3. The Morgan fingerprint density at radius 2 is 2.33 bits per heavy atom. The first-order valence-electron chi connectivity index (χ1n) is 5.46. The highest BCUT2D eigenvalue weighted by molar-refractivity contribution is 5.54. The number of hydrogen-bond acceptors (Lipinski definition) is 2. The summed E-state index contributed by atoms with van der Waals surface area (Å²) in [5.41, 5.74) is 3.63. The Labute approximate surface area is 92.2 Å². The van der Waals surface area contributed by atoms with Crippen molar-refractivity contribution in [3.8, 4) is 0 Å². The van der Waals surface area contributed by atoms with E-state index in [1.54, 1.807) is 0 Å². The van der Waals surface area contributed by atoms with Crippen molar-refractivity contribution >= 4 is 6.08 Å². The molecule has 84 valence electrons. The van der Waals surface area contributed by atoms with Crippen molar-refractivity contribution in [3.63, 3.8) is 0 Å². The molecule has 0 fully saturated rings. The SMILES string of the molecule is CCNC(C)C(C)=Cc1cn(C)nc1C. The van der Waals surface area contributed by atoms with E-state index >= 15 is 0 Å². The number of nitrogens with one attached hydrogen (secondary N) is 1. The maximum atomic E-state index is 4.32. The lowest BCUT2D eigenvalue weighted by molar-refractivity contribution is 0.636. The van der Waals surface area contributed by atoms with Gasteiger partial charge in [0.2, 0.25) is 0 Å². The largest absolute Gasteiger partial charge is 0.311 e. The first-order chi connectivity index (χ1) is 7.04. The molecule has 1 rings (SSSR count). The molecule has 0 spiro atoms. The van der Waals surface area contributed by atoms with E-state index in [0.29, 0.717) is 6.04 Å². The minimum Gasteiger partial charge on any atom is -0.311 e. The molecule has 1 aromatic rings. The van der Waals surface area contributed by atoms with Crippen LogP contribution in [0.3, 0.4) is 0 Å². The third-order valence-corrected chi connectivity index (χ3v) is 2.63. The summed E-state index contributed by atoms with van der Waals surface area (Å²) in [5, 5.41) is 7.72. The molecule has 3 heteroatoms. The summed E-state index contributed by atoms with van der Waals surface area (Å²) < 4.78 is 1.85. The van der Waals surface area contributed by atoms with Crippen LogP contribution < -0.4 is 5.32 Å². The molecule has 0 aliphatic heterocycles. The highest BCUT2D eigenvalue weighted by atomic mass is 15.2. The van der Waals surface area contributed by atoms with Crippen LogP contribution in [-0.2, 0) is 7.05 Å². The molecular formula is C12H21N3. The summed E-state index contributed by atoms with van der Waals surface area (Å²) >= 11 is 0. The van der Waals surface area contributed by atoms with Crippen molar-refractivity contribution in [3.05, 3.63) is 23.0 Å². The Morgan fingerprint density at radius 3 is 2.80 bits per heavy atom. The normalized spacial score (nSPS) is 14.3. The van der Waals surface area contributed by atoms with Crippen LogP contribution in [-0.4, -0.2) is 22.4 Å². The number of rotatable bonds is 4. The maximum absolute atomic E-state index is 4.32. The fourth-order valence-electron chi connectivity index (χ4n) is 1.60. The molecule has 3 nitrogen and oxygen atoms in total. The van der Waals surface area contributed by atoms with E-state index in [1.807, 2.05) is 18.7 Å². The van der Waals surface area contributed by atoms with Crippen LogP contribution in [0.2, 0.25) is 0 Å². The van der Waals surface area contributed by atoms with Crippen LogP contribution in [0.5, 0.6) is 0 Å². The van der Waals surface area contributed by atoms with Crippen LogP contribution in [0, 0.1) is 6.92 Å². The Hall–Kier alpha value is -1.09. The zero-order valence-corrected chi connectivity index (χ0v) is 10.3. The minimum absolute atomic E-state index is 0.426. The van der Waals surface area contributed by atoms with Crippen LogP contribution >= 0.6 is 0 Å². The molecule has 0 aliphatic carbocycles. The van der Waals surface area contributed by atoms with E-state index in [9.17, 15) is 0 Å². The molecule has 1 heterocycles. The molecule has 0 aromatic carbocycles. The van der Waals surface area contributed by atoms with Gasteiger partial charge in [-0.05, 0) is 27.3 Å². The van der Waals surface area contributed by atoms with Crippen molar-refractivity contribution in [1.82, 2.24) is 15.1 Å². The standard InChI is InChI=1S/C12H21N3/c1-6-13-10(3)9(2)7-12-8-15(5)14-11(12)4/h7-8,10,13H,6H2,1-5H3. The smallest absolute Gasteiger partial charge is 0.0665 e. The quantitative estimate of drug-likeness (QED) is 0.819. The lowest BCUT2D eigenvalue weighted by Crippen LogP contribution is -2.26. The average molecular weight is 207 g/mol. The third kappa shape index (κ3) is 3.20. The van der Waals surface area contributed by atoms with Crippen LogP contribution in [0.4, 0.5) is 0 Å². The second-order valence-corrected chi connectivity index (χ2v) is 4.01. The molecule has 1 N–H and O–H groups in total. The van der Waals surface area contributed by atoms with Gasteiger partial charge in [0, 0.05) is 24.8 Å². The van der Waals surface area contributed by atoms with Gasteiger partial charge in [-0.2, -0.15) is 5.10 Å². The summed E-state index contributed by atoms with van der Waals surface area (Å²) in [5.74, 6) is 0. The predicted octanol–water partition coefficient (Wildman–Crippen LogP) is 2.13. The maximum Gasteiger partial charge on any atom is 0.0665 e. The molecule has 0 saturated carbocycles. The average Bonchev–Trinajstić information content (AvgIpc) is 2.45. The van der Waals surface area contributed by atoms with Crippen molar-refractivity contribution in [2.45, 2.75) is 33.7 Å². The molecular weight excluding hydrogens is 186 g/mol. The summed E-state index contributed by atoms with van der Waals surface area (Å²) in [6.45, 7) is 9.50. The summed E-state index contributed by atoms with van der Waals surface area (Å²) in [4.78, 5) is 0. The third-order valence-electron chi connectivity index (χ3n) is 2.63. The molecule has 1 unspecified atom stereocenters. The van der Waals surface area contributed by atoms with E-state index in [2.05, 4.69) is 43.5 Å². The van der Waals surface area contributed by atoms with E-state index in [0.717, 1.165) is 12.2 Å². The van der Waals surface area contributed by atoms with Gasteiger partial charge in [-0.3, -0.25) is 4.68 Å². The number of likely N-dealkylation sites (N-methyl/N-ethyl adjacent to an activating group) is 1. The number of aryl methyl sites for hydroxylation is 2. The van der Waals surface area contributed by atoms with Gasteiger partial charge < -0.3 is 5.32 Å². The van der Waals surface area contributed by atoms with E-state index < -0.39 is 0 Å². The topological polar surface area (TPSA) is 29.9 Å². The van der Waals surface area contributed by atoms with E-state index in [4.69, 9.17) is 0 Å². The highest BCUT2D eigenvalue weighted by Crippen LogP contribution is 2.12. The lowest BCUT2D eigenvalue weighted by Gasteiger charge is -2.12. The Kier molecular flexibility index (Phi) is 4.09. The highest BCUT2D eigenvalue weighted by Gasteiger charge is 2.04. The van der Waals surface area contributed by atoms with Gasteiger partial charge in [-0.15, -0.1) is 0 Å². The molecule has 0 amide bonds. The summed E-state index contributed by atoms with van der Waals surface area (Å²) in [6.07, 6.45) is 4.26. The Bertz CT molecular complexity index is 350. The first-order valence-corrected chi connectivity index (χ1v) is 5.46. The Morgan fingerprint density at radius 1 is 1.67 bits per heavy atom. The minimum atomic E-state index is 0.426. The monoisotopic (exact) mass is 207 g/mol. The lowest BCUT2D eigenvalue weighted by atomic mass is 10.1. The van der Waals surface area contributed by atoms with Gasteiger partial charge in [-0.25, -0.2) is 0 Å². The van der Waals surface area contributed by atoms with Crippen LogP contribution in [0.25, 0.3) is 6.08 Å². The molecule has 0 saturated heterocycles. The van der Waals surface area contributed by atoms with Crippen molar-refractivity contribution in [1.29, 1.82) is 0 Å². The number of aromatic nitrogens is 2. The van der Waals surface area contributed by atoms with Crippen molar-refractivity contribution in [2.24, 2.45) is 7.05 Å². The van der Waals surface area contributed by atoms with Gasteiger partial charge >= 0.3 is 0 Å².